The molecule has 0 saturated carbocycles. The molecule has 0 atom stereocenters. The van der Waals surface area contributed by atoms with Gasteiger partial charge in [-0.05, 0) is 42.7 Å². The average Bonchev–Trinajstić information content (AvgIpc) is 3.28. The van der Waals surface area contributed by atoms with Crippen LogP contribution in [0.5, 0.6) is 11.5 Å². The number of aryl methyl sites for hydroxylation is 1. The van der Waals surface area contributed by atoms with E-state index in [2.05, 4.69) is 5.32 Å². The van der Waals surface area contributed by atoms with Crippen LogP contribution in [0.15, 0.2) is 47.4 Å². The Hall–Kier alpha value is -4.14. The molecule has 4 aromatic rings. The number of fused-ring (bicyclic) bond motifs is 3. The molecule has 9 nitrogen and oxygen atoms in total. The molecule has 4 heterocycles. The lowest BCUT2D eigenvalue weighted by Gasteiger charge is -2.14. The minimum absolute atomic E-state index is 0.173. The van der Waals surface area contributed by atoms with Crippen molar-refractivity contribution in [2.45, 2.75) is 27.3 Å². The summed E-state index contributed by atoms with van der Waals surface area (Å²) in [5.41, 5.74) is 9.19. The lowest BCUT2D eigenvalue weighted by Crippen LogP contribution is -2.43. The summed E-state index contributed by atoms with van der Waals surface area (Å²) >= 11 is 0. The van der Waals surface area contributed by atoms with Gasteiger partial charge in [0, 0.05) is 18.3 Å². The van der Waals surface area contributed by atoms with Gasteiger partial charge in [-0.3, -0.25) is 14.0 Å². The summed E-state index contributed by atoms with van der Waals surface area (Å²) in [6.45, 7) is 6.87. The Bertz CT molecular complexity index is 1510. The van der Waals surface area contributed by atoms with Gasteiger partial charge in [0.2, 0.25) is 18.3 Å². The predicted molar refractivity (Wildman–Crippen MR) is 127 cm³/mol. The molecule has 3 N–H and O–H groups in total. The number of hydrogen-bond donors (Lipinski definition) is 2. The summed E-state index contributed by atoms with van der Waals surface area (Å²) in [5.74, 6) is 1.48. The van der Waals surface area contributed by atoms with E-state index in [4.69, 9.17) is 20.2 Å². The molecule has 9 heteroatoms. The minimum Gasteiger partial charge on any atom is -0.454 e. The number of aromatic nitrogens is 3. The Morgan fingerprint density at radius 2 is 2.03 bits per heavy atom. The van der Waals surface area contributed by atoms with Crippen LogP contribution in [-0.2, 0) is 6.54 Å². The fraction of sp³-hybridized carbons (Fsp3) is 0.280. The van der Waals surface area contributed by atoms with Gasteiger partial charge in [0.1, 0.15) is 10.9 Å². The first-order valence-corrected chi connectivity index (χ1v) is 11.1. The van der Waals surface area contributed by atoms with Crippen molar-refractivity contribution in [3.8, 4) is 11.5 Å². The van der Waals surface area contributed by atoms with Crippen LogP contribution in [0.2, 0.25) is 0 Å². The molecule has 1 aliphatic rings. The number of carbonyl (C=O) groups excluding carboxylic acids is 1. The van der Waals surface area contributed by atoms with Gasteiger partial charge in [-0.1, -0.05) is 31.0 Å². The number of ether oxygens (including phenoxy) is 2. The topological polar surface area (TPSA) is 112 Å². The van der Waals surface area contributed by atoms with Crippen molar-refractivity contribution in [3.05, 3.63) is 69.6 Å². The molecule has 1 aliphatic heterocycles. The Morgan fingerprint density at radius 1 is 1.24 bits per heavy atom. The molecule has 1 aromatic carbocycles. The molecule has 0 fully saturated rings. The summed E-state index contributed by atoms with van der Waals surface area (Å²) in [5, 5.41) is 3.21. The Balaban J connectivity index is 1.74. The second kappa shape index (κ2) is 8.33. The second-order valence-electron chi connectivity index (χ2n) is 8.86. The summed E-state index contributed by atoms with van der Waals surface area (Å²) in [4.78, 5) is 31.3. The second-order valence-corrected chi connectivity index (χ2v) is 8.86. The molecule has 5 rings (SSSR count). The molecule has 0 saturated heterocycles. The Morgan fingerprint density at radius 3 is 2.82 bits per heavy atom. The largest absolute Gasteiger partial charge is 0.454 e. The average molecular weight is 461 g/mol. The molecule has 0 unspecified atom stereocenters. The zero-order valence-electron chi connectivity index (χ0n) is 19.3. The number of nitrogens with one attached hydrogen (secondary N) is 1. The molecule has 34 heavy (non-hydrogen) atoms. The first kappa shape index (κ1) is 21.7. The van der Waals surface area contributed by atoms with Crippen LogP contribution >= 0.6 is 0 Å². The molecule has 0 aliphatic carbocycles. The molecule has 0 spiro atoms. The van der Waals surface area contributed by atoms with Crippen molar-refractivity contribution >= 4 is 28.4 Å². The zero-order chi connectivity index (χ0) is 24.0. The number of nitrogens with two attached hydrogens (primary N) is 1. The fourth-order valence-corrected chi connectivity index (χ4v) is 4.07. The van der Waals surface area contributed by atoms with Gasteiger partial charge < -0.3 is 20.5 Å². The summed E-state index contributed by atoms with van der Waals surface area (Å²) in [6.07, 6.45) is 1.67. The van der Waals surface area contributed by atoms with Gasteiger partial charge in [0.15, 0.2) is 11.5 Å². The number of rotatable bonds is 5. The van der Waals surface area contributed by atoms with Crippen LogP contribution in [0.1, 0.15) is 35.3 Å². The van der Waals surface area contributed by atoms with Crippen LogP contribution in [0.25, 0.3) is 16.7 Å². The van der Waals surface area contributed by atoms with Gasteiger partial charge in [0.05, 0.1) is 6.54 Å². The third kappa shape index (κ3) is 3.68. The lowest BCUT2D eigenvalue weighted by molar-refractivity contribution is -0.649. The molecular formula is C25H26N5O4+. The number of pyridine rings is 2. The summed E-state index contributed by atoms with van der Waals surface area (Å²) < 4.78 is 14.1. The summed E-state index contributed by atoms with van der Waals surface area (Å²) in [7, 11) is 0. The first-order valence-electron chi connectivity index (χ1n) is 11.1. The van der Waals surface area contributed by atoms with E-state index >= 15 is 0 Å². The molecule has 1 amide bonds. The highest BCUT2D eigenvalue weighted by molar-refractivity contribution is 6.00. The number of amides is 1. The van der Waals surface area contributed by atoms with Gasteiger partial charge in [-0.25, -0.2) is 4.57 Å². The van der Waals surface area contributed by atoms with Crippen LogP contribution in [0.4, 0.5) is 5.82 Å². The van der Waals surface area contributed by atoms with E-state index in [1.807, 2.05) is 45.0 Å². The maximum atomic E-state index is 13.5. The highest BCUT2D eigenvalue weighted by Crippen LogP contribution is 2.32. The van der Waals surface area contributed by atoms with Crippen molar-refractivity contribution in [2.24, 2.45) is 5.92 Å². The fourth-order valence-electron chi connectivity index (χ4n) is 4.07. The summed E-state index contributed by atoms with van der Waals surface area (Å²) in [6, 6.07) is 10.8. The minimum atomic E-state index is -0.332. The monoisotopic (exact) mass is 460 g/mol. The lowest BCUT2D eigenvalue weighted by atomic mass is 10.1. The number of nitrogen functional groups attached to an aromatic ring is 1. The van der Waals surface area contributed by atoms with E-state index in [9.17, 15) is 9.59 Å². The predicted octanol–water partition coefficient (Wildman–Crippen LogP) is 2.19. The van der Waals surface area contributed by atoms with E-state index in [1.165, 1.54) is 4.40 Å². The Kier molecular flexibility index (Phi) is 5.31. The zero-order valence-corrected chi connectivity index (χ0v) is 19.3. The van der Waals surface area contributed by atoms with Crippen LogP contribution in [0, 0.1) is 12.8 Å². The van der Waals surface area contributed by atoms with E-state index < -0.39 is 0 Å². The normalized spacial score (nSPS) is 12.6. The van der Waals surface area contributed by atoms with Crippen molar-refractivity contribution < 1.29 is 18.8 Å². The number of benzene rings is 1. The van der Waals surface area contributed by atoms with Crippen LogP contribution in [-0.4, -0.2) is 28.6 Å². The standard InChI is InChI=1S/C25H25N5O4/c1-14(2)11-27-24(31)17-10-18-23(28-22-15(3)5-4-8-29(22)25(18)32)30(21(17)26)12-16-6-7-19-20(9-16)34-13-33-19/h4-10,14,26H,11-13H2,1-3H3,(H,27,31)/p+1. The maximum absolute atomic E-state index is 13.5. The number of hydrogen-bond acceptors (Lipinski definition) is 6. The van der Waals surface area contributed by atoms with Crippen LogP contribution < -0.4 is 30.7 Å². The SMILES string of the molecule is Cc1cccn2c(=O)c3cc(C(=O)NCC(C)C)c(N)[n+](Cc4ccc5c(c4)OCO5)c3nc12. The Labute approximate surface area is 195 Å². The third-order valence-electron chi connectivity index (χ3n) is 5.87. The highest BCUT2D eigenvalue weighted by Gasteiger charge is 2.25. The van der Waals surface area contributed by atoms with Crippen molar-refractivity contribution in [1.82, 2.24) is 14.7 Å². The van der Waals surface area contributed by atoms with Crippen molar-refractivity contribution in [1.29, 1.82) is 0 Å². The highest BCUT2D eigenvalue weighted by atomic mass is 16.7. The van der Waals surface area contributed by atoms with E-state index in [1.54, 1.807) is 22.9 Å². The molecule has 174 valence electrons. The van der Waals surface area contributed by atoms with E-state index in [-0.39, 0.29) is 35.6 Å². The number of carbonyl (C=O) groups is 1. The smallest absolute Gasteiger partial charge is 0.278 e. The molecule has 0 bridgehead atoms. The number of anilines is 1. The van der Waals surface area contributed by atoms with E-state index in [0.29, 0.717) is 41.3 Å². The van der Waals surface area contributed by atoms with E-state index in [0.717, 1.165) is 11.1 Å². The van der Waals surface area contributed by atoms with Gasteiger partial charge in [0.25, 0.3) is 17.1 Å². The molecule has 0 radical (unpaired) electrons. The van der Waals surface area contributed by atoms with Crippen molar-refractivity contribution in [2.75, 3.05) is 19.1 Å². The third-order valence-corrected chi connectivity index (χ3v) is 5.87. The maximum Gasteiger partial charge on any atom is 0.278 e. The quantitative estimate of drug-likeness (QED) is 0.349. The molecular weight excluding hydrogens is 434 g/mol. The number of nitrogens with zero attached hydrogens (tertiary/aromatic N) is 3. The van der Waals surface area contributed by atoms with Crippen LogP contribution in [0.3, 0.4) is 0 Å². The van der Waals surface area contributed by atoms with Gasteiger partial charge >= 0.3 is 0 Å². The van der Waals surface area contributed by atoms with Gasteiger partial charge in [-0.15, -0.1) is 0 Å². The van der Waals surface area contributed by atoms with Crippen molar-refractivity contribution in [3.63, 3.8) is 0 Å². The first-order chi connectivity index (χ1) is 16.3. The molecule has 3 aromatic heterocycles. The van der Waals surface area contributed by atoms with Gasteiger partial charge in [-0.2, -0.15) is 0 Å².